The number of hydrogen-bond acceptors (Lipinski definition) is 3. The molecule has 2 atom stereocenters. The molecule has 2 aromatic carbocycles. The van der Waals surface area contributed by atoms with Crippen LogP contribution in [0, 0.1) is 0 Å². The first-order valence-corrected chi connectivity index (χ1v) is 9.00. The summed E-state index contributed by atoms with van der Waals surface area (Å²) < 4.78 is 11.5. The summed E-state index contributed by atoms with van der Waals surface area (Å²) in [7, 11) is 1.58. The first kappa shape index (κ1) is 19.3. The second-order valence-electron chi connectivity index (χ2n) is 6.63. The van der Waals surface area contributed by atoms with Gasteiger partial charge in [-0.3, -0.25) is 4.79 Å². The van der Waals surface area contributed by atoms with Crippen LogP contribution in [0.1, 0.15) is 47.0 Å². The zero-order chi connectivity index (χ0) is 18.4. The van der Waals surface area contributed by atoms with Crippen molar-refractivity contribution >= 4 is 22.4 Å². The summed E-state index contributed by atoms with van der Waals surface area (Å²) in [5, 5.41) is 5.00. The predicted molar refractivity (Wildman–Crippen MR) is 103 cm³/mol. The topological polar surface area (TPSA) is 47.6 Å². The molecule has 0 bridgehead atoms. The minimum Gasteiger partial charge on any atom is -0.490 e. The number of nitrogens with one attached hydrogen (secondary N) is 1. The van der Waals surface area contributed by atoms with Gasteiger partial charge in [-0.1, -0.05) is 44.5 Å². The molecule has 25 heavy (non-hydrogen) atoms. The largest absolute Gasteiger partial charge is 0.490 e. The summed E-state index contributed by atoms with van der Waals surface area (Å²) in [6.07, 6.45) is 2.63. The van der Waals surface area contributed by atoms with Crippen LogP contribution in [0.5, 0.6) is 5.75 Å². The lowest BCUT2D eigenvalue weighted by Crippen LogP contribution is -2.41. The van der Waals surface area contributed by atoms with Crippen LogP contribution in [0.2, 0.25) is 0 Å². The van der Waals surface area contributed by atoms with E-state index in [1.165, 1.54) is 0 Å². The van der Waals surface area contributed by atoms with Gasteiger partial charge in [0.05, 0.1) is 6.10 Å². The van der Waals surface area contributed by atoms with E-state index in [0.717, 1.165) is 35.1 Å². The number of fused-ring (bicyclic) bond motifs is 1. The Bertz CT molecular complexity index is 728. The molecule has 0 aliphatic rings. The molecule has 1 N–H and O–H groups in total. The zero-order valence-electron chi connectivity index (χ0n) is 15.9. The highest BCUT2D eigenvalue weighted by Crippen LogP contribution is 2.33. The summed E-state index contributed by atoms with van der Waals surface area (Å²) in [4.78, 5) is 12.7. The van der Waals surface area contributed by atoms with Crippen LogP contribution in [0.15, 0.2) is 36.4 Å². The van der Waals surface area contributed by atoms with Crippen LogP contribution < -0.4 is 10.1 Å². The maximum atomic E-state index is 12.7. The van der Waals surface area contributed by atoms with Crippen LogP contribution >= 0.6 is 0 Å². The van der Waals surface area contributed by atoms with Crippen LogP contribution in [-0.2, 0) is 9.53 Å². The molecular weight excluding hydrogens is 314 g/mol. The van der Waals surface area contributed by atoms with Crippen molar-refractivity contribution in [2.24, 2.45) is 0 Å². The molecule has 2 aromatic rings. The fourth-order valence-electron chi connectivity index (χ4n) is 2.82. The van der Waals surface area contributed by atoms with E-state index < -0.39 is 5.60 Å². The standard InChI is InChI=1S/C21H29NO3/c1-6-14-21(4,24-5)20(23)22-18-12-13-19(25-15(3)7-2)17-11-9-8-10-16(17)18/h8-13,15H,6-7,14H2,1-5H3,(H,22,23)/t15-,21+/m0/s1. The molecule has 0 aromatic heterocycles. The first-order valence-electron chi connectivity index (χ1n) is 9.00. The van der Waals surface area contributed by atoms with E-state index in [9.17, 15) is 4.79 Å². The number of rotatable bonds is 8. The summed E-state index contributed by atoms with van der Waals surface area (Å²) in [6, 6.07) is 11.8. The molecule has 136 valence electrons. The van der Waals surface area contributed by atoms with Crippen molar-refractivity contribution in [3.05, 3.63) is 36.4 Å². The van der Waals surface area contributed by atoms with Gasteiger partial charge >= 0.3 is 0 Å². The van der Waals surface area contributed by atoms with Gasteiger partial charge in [-0.2, -0.15) is 0 Å². The fourth-order valence-corrected chi connectivity index (χ4v) is 2.82. The van der Waals surface area contributed by atoms with Crippen LogP contribution in [0.25, 0.3) is 10.8 Å². The molecule has 0 aliphatic heterocycles. The van der Waals surface area contributed by atoms with Crippen molar-refractivity contribution in [1.29, 1.82) is 0 Å². The van der Waals surface area contributed by atoms with Gasteiger partial charge in [-0.25, -0.2) is 0 Å². The molecular formula is C21H29NO3. The fraction of sp³-hybridized carbons (Fsp3) is 0.476. The minimum absolute atomic E-state index is 0.127. The molecule has 0 radical (unpaired) electrons. The highest BCUT2D eigenvalue weighted by molar-refractivity contribution is 6.06. The van der Waals surface area contributed by atoms with E-state index in [1.807, 2.05) is 50.2 Å². The van der Waals surface area contributed by atoms with Crippen molar-refractivity contribution in [2.75, 3.05) is 12.4 Å². The Hall–Kier alpha value is -2.07. The van der Waals surface area contributed by atoms with E-state index >= 15 is 0 Å². The number of ether oxygens (including phenoxy) is 2. The second kappa shape index (κ2) is 8.34. The molecule has 0 saturated heterocycles. The first-order chi connectivity index (χ1) is 11.9. The van der Waals surface area contributed by atoms with Gasteiger partial charge in [0.25, 0.3) is 5.91 Å². The van der Waals surface area contributed by atoms with E-state index in [4.69, 9.17) is 9.47 Å². The number of carbonyl (C=O) groups excluding carboxylic acids is 1. The molecule has 0 spiro atoms. The van der Waals surface area contributed by atoms with E-state index in [0.29, 0.717) is 6.42 Å². The molecule has 2 rings (SSSR count). The molecule has 0 fully saturated rings. The number of methoxy groups -OCH3 is 1. The lowest BCUT2D eigenvalue weighted by molar-refractivity contribution is -0.136. The Morgan fingerprint density at radius 2 is 1.84 bits per heavy atom. The molecule has 0 aliphatic carbocycles. The van der Waals surface area contributed by atoms with Gasteiger partial charge in [0, 0.05) is 23.6 Å². The van der Waals surface area contributed by atoms with E-state index in [2.05, 4.69) is 19.2 Å². The smallest absolute Gasteiger partial charge is 0.256 e. The van der Waals surface area contributed by atoms with Crippen molar-refractivity contribution in [3.8, 4) is 5.75 Å². The Labute approximate surface area is 150 Å². The highest BCUT2D eigenvalue weighted by atomic mass is 16.5. The summed E-state index contributed by atoms with van der Waals surface area (Å²) in [6.45, 7) is 8.02. The van der Waals surface area contributed by atoms with Crippen molar-refractivity contribution in [1.82, 2.24) is 0 Å². The Balaban J connectivity index is 2.37. The summed E-state index contributed by atoms with van der Waals surface area (Å²) in [5.41, 5.74) is -0.0571. The Morgan fingerprint density at radius 3 is 2.44 bits per heavy atom. The maximum absolute atomic E-state index is 12.7. The normalized spacial score (nSPS) is 14.8. The SMILES string of the molecule is CCC[C@@](C)(OC)C(=O)Nc1ccc(O[C@@H](C)CC)c2ccccc12. The quantitative estimate of drug-likeness (QED) is 0.720. The molecule has 4 nitrogen and oxygen atoms in total. The van der Waals surface area contributed by atoms with Crippen LogP contribution in [0.4, 0.5) is 5.69 Å². The zero-order valence-corrected chi connectivity index (χ0v) is 15.9. The van der Waals surface area contributed by atoms with Crippen molar-refractivity contribution < 1.29 is 14.3 Å². The van der Waals surface area contributed by atoms with Gasteiger partial charge in [0.1, 0.15) is 11.4 Å². The third kappa shape index (κ3) is 4.31. The van der Waals surface area contributed by atoms with Gasteiger partial charge < -0.3 is 14.8 Å². The predicted octanol–water partition coefficient (Wildman–Crippen LogP) is 5.16. The minimum atomic E-state index is -0.832. The summed E-state index contributed by atoms with van der Waals surface area (Å²) in [5.74, 6) is 0.712. The number of hydrogen-bond donors (Lipinski definition) is 1. The molecule has 0 heterocycles. The number of anilines is 1. The second-order valence-corrected chi connectivity index (χ2v) is 6.63. The van der Waals surface area contributed by atoms with Gasteiger partial charge in [-0.15, -0.1) is 0 Å². The van der Waals surface area contributed by atoms with Crippen molar-refractivity contribution in [2.45, 2.75) is 58.7 Å². The number of carbonyl (C=O) groups is 1. The van der Waals surface area contributed by atoms with E-state index in [1.54, 1.807) is 7.11 Å². The maximum Gasteiger partial charge on any atom is 0.256 e. The monoisotopic (exact) mass is 343 g/mol. The van der Waals surface area contributed by atoms with Crippen LogP contribution in [-0.4, -0.2) is 24.7 Å². The molecule has 1 amide bonds. The molecule has 0 unspecified atom stereocenters. The van der Waals surface area contributed by atoms with Crippen molar-refractivity contribution in [3.63, 3.8) is 0 Å². The van der Waals surface area contributed by atoms with Gasteiger partial charge in [0.2, 0.25) is 0 Å². The summed E-state index contributed by atoms with van der Waals surface area (Å²) >= 11 is 0. The third-order valence-electron chi connectivity index (χ3n) is 4.69. The number of amides is 1. The van der Waals surface area contributed by atoms with Gasteiger partial charge in [-0.05, 0) is 38.8 Å². The average Bonchev–Trinajstić information content (AvgIpc) is 2.63. The van der Waals surface area contributed by atoms with Crippen LogP contribution in [0.3, 0.4) is 0 Å². The third-order valence-corrected chi connectivity index (χ3v) is 4.69. The lowest BCUT2D eigenvalue weighted by atomic mass is 9.98. The number of benzene rings is 2. The van der Waals surface area contributed by atoms with Gasteiger partial charge in [0.15, 0.2) is 0 Å². The Morgan fingerprint density at radius 1 is 1.16 bits per heavy atom. The van der Waals surface area contributed by atoms with E-state index in [-0.39, 0.29) is 12.0 Å². The highest BCUT2D eigenvalue weighted by Gasteiger charge is 2.32. The lowest BCUT2D eigenvalue weighted by Gasteiger charge is -2.27. The average molecular weight is 343 g/mol. The Kier molecular flexibility index (Phi) is 6.43. The molecule has 4 heteroatoms. The molecule has 0 saturated carbocycles.